The fourth-order valence-electron chi connectivity index (χ4n) is 3.98. The van der Waals surface area contributed by atoms with Crippen LogP contribution in [0.4, 0.5) is 0 Å². The van der Waals surface area contributed by atoms with Gasteiger partial charge in [0.25, 0.3) is 0 Å². The molecule has 0 radical (unpaired) electrons. The number of aromatic nitrogens is 2. The molecule has 3 aliphatic heterocycles. The summed E-state index contributed by atoms with van der Waals surface area (Å²) in [6, 6.07) is 8.09. The fourth-order valence-corrected chi connectivity index (χ4v) is 3.98. The summed E-state index contributed by atoms with van der Waals surface area (Å²) in [6.45, 7) is 3.94. The first kappa shape index (κ1) is 16.6. The Bertz CT molecular complexity index is 846. The summed E-state index contributed by atoms with van der Waals surface area (Å²) in [7, 11) is 0. The van der Waals surface area contributed by atoms with Crippen molar-refractivity contribution in [2.75, 3.05) is 26.5 Å². The molecule has 1 atom stereocenters. The zero-order valence-corrected chi connectivity index (χ0v) is 15.0. The van der Waals surface area contributed by atoms with Crippen LogP contribution in [0, 0.1) is 0 Å². The third-order valence-corrected chi connectivity index (χ3v) is 5.24. The zero-order chi connectivity index (χ0) is 18.2. The number of fused-ring (bicyclic) bond motifs is 2. The highest BCUT2D eigenvalue weighted by atomic mass is 16.7. The van der Waals surface area contributed by atoms with Crippen molar-refractivity contribution in [3.05, 3.63) is 41.7 Å². The number of benzene rings is 1. The molecule has 4 heterocycles. The highest BCUT2D eigenvalue weighted by Crippen LogP contribution is 2.33. The minimum atomic E-state index is 0.00876. The smallest absolute Gasteiger partial charge is 0.248 e. The molecule has 2 aromatic rings. The van der Waals surface area contributed by atoms with E-state index in [0.29, 0.717) is 19.6 Å². The lowest BCUT2D eigenvalue weighted by molar-refractivity contribution is -0.170. The second kappa shape index (κ2) is 6.86. The Balaban J connectivity index is 1.31. The summed E-state index contributed by atoms with van der Waals surface area (Å²) in [5, 5.41) is 5.95. The van der Waals surface area contributed by atoms with Gasteiger partial charge in [-0.2, -0.15) is 5.10 Å². The van der Waals surface area contributed by atoms with Crippen molar-refractivity contribution < 1.29 is 19.1 Å². The lowest BCUT2D eigenvalue weighted by atomic mass is 10.1. The topological polar surface area (TPSA) is 69.1 Å². The van der Waals surface area contributed by atoms with Gasteiger partial charge in [0.15, 0.2) is 11.5 Å². The molecular weight excluding hydrogens is 348 g/mol. The average Bonchev–Trinajstić information content (AvgIpc) is 3.42. The van der Waals surface area contributed by atoms with E-state index in [1.165, 1.54) is 10.6 Å². The Morgan fingerprint density at radius 2 is 2.15 bits per heavy atom. The maximum absolute atomic E-state index is 12.5. The molecule has 1 aromatic heterocycles. The summed E-state index contributed by atoms with van der Waals surface area (Å²) < 4.78 is 12.9. The van der Waals surface area contributed by atoms with Crippen LogP contribution in [0.1, 0.15) is 30.1 Å². The SMILES string of the molecule is O=C(CC1CN(Cc2ccc3c(c2)OCO3)Cc2ccnn21)N1CCCO1. The van der Waals surface area contributed by atoms with Crippen LogP contribution < -0.4 is 9.47 Å². The van der Waals surface area contributed by atoms with Crippen molar-refractivity contribution in [1.82, 2.24) is 19.7 Å². The number of rotatable bonds is 4. The van der Waals surface area contributed by atoms with E-state index in [1.54, 1.807) is 0 Å². The van der Waals surface area contributed by atoms with Gasteiger partial charge in [0, 0.05) is 25.8 Å². The Hall–Kier alpha value is -2.58. The molecule has 142 valence electrons. The molecule has 1 fully saturated rings. The number of carbonyl (C=O) groups excluding carboxylic acids is 1. The second-order valence-corrected chi connectivity index (χ2v) is 7.16. The van der Waals surface area contributed by atoms with E-state index in [0.717, 1.165) is 43.2 Å². The Labute approximate surface area is 157 Å². The number of amides is 1. The molecule has 1 aromatic carbocycles. The van der Waals surface area contributed by atoms with Crippen molar-refractivity contribution in [1.29, 1.82) is 0 Å². The Morgan fingerprint density at radius 3 is 3.04 bits per heavy atom. The molecule has 0 aliphatic carbocycles. The van der Waals surface area contributed by atoms with Crippen LogP contribution in [0.15, 0.2) is 30.5 Å². The number of hydroxylamine groups is 2. The quantitative estimate of drug-likeness (QED) is 0.816. The van der Waals surface area contributed by atoms with Crippen molar-refractivity contribution in [2.45, 2.75) is 32.0 Å². The molecule has 27 heavy (non-hydrogen) atoms. The summed E-state index contributed by atoms with van der Waals surface area (Å²) in [5.74, 6) is 1.63. The van der Waals surface area contributed by atoms with Crippen molar-refractivity contribution in [2.24, 2.45) is 0 Å². The van der Waals surface area contributed by atoms with Crippen LogP contribution in [-0.4, -0.2) is 52.1 Å². The van der Waals surface area contributed by atoms with Crippen molar-refractivity contribution in [3.63, 3.8) is 0 Å². The first-order valence-corrected chi connectivity index (χ1v) is 9.33. The summed E-state index contributed by atoms with van der Waals surface area (Å²) >= 11 is 0. The minimum Gasteiger partial charge on any atom is -0.454 e. The van der Waals surface area contributed by atoms with Gasteiger partial charge >= 0.3 is 0 Å². The summed E-state index contributed by atoms with van der Waals surface area (Å²) in [5.41, 5.74) is 2.29. The summed E-state index contributed by atoms with van der Waals surface area (Å²) in [4.78, 5) is 20.3. The number of hydrogen-bond donors (Lipinski definition) is 0. The van der Waals surface area contributed by atoms with Gasteiger partial charge in [-0.05, 0) is 30.2 Å². The lowest BCUT2D eigenvalue weighted by Gasteiger charge is -2.34. The third kappa shape index (κ3) is 3.26. The largest absolute Gasteiger partial charge is 0.454 e. The van der Waals surface area contributed by atoms with Gasteiger partial charge in [0.05, 0.1) is 31.3 Å². The van der Waals surface area contributed by atoms with E-state index in [2.05, 4.69) is 16.1 Å². The van der Waals surface area contributed by atoms with Crippen LogP contribution in [0.2, 0.25) is 0 Å². The zero-order valence-electron chi connectivity index (χ0n) is 15.0. The van der Waals surface area contributed by atoms with Crippen LogP contribution in [0.25, 0.3) is 0 Å². The number of ether oxygens (including phenoxy) is 2. The second-order valence-electron chi connectivity index (χ2n) is 7.16. The molecule has 5 rings (SSSR count). The third-order valence-electron chi connectivity index (χ3n) is 5.24. The molecule has 3 aliphatic rings. The van der Waals surface area contributed by atoms with E-state index in [4.69, 9.17) is 14.3 Å². The van der Waals surface area contributed by atoms with Crippen molar-refractivity contribution in [3.8, 4) is 11.5 Å². The van der Waals surface area contributed by atoms with Crippen LogP contribution in [0.5, 0.6) is 11.5 Å². The molecule has 1 unspecified atom stereocenters. The Morgan fingerprint density at radius 1 is 1.22 bits per heavy atom. The molecule has 1 saturated heterocycles. The number of carbonyl (C=O) groups is 1. The highest BCUT2D eigenvalue weighted by molar-refractivity contribution is 5.75. The van der Waals surface area contributed by atoms with Gasteiger partial charge in [-0.3, -0.25) is 19.2 Å². The highest BCUT2D eigenvalue weighted by Gasteiger charge is 2.30. The molecule has 0 bridgehead atoms. The molecule has 8 heteroatoms. The maximum atomic E-state index is 12.5. The first-order chi connectivity index (χ1) is 13.3. The molecule has 1 amide bonds. The van der Waals surface area contributed by atoms with Gasteiger partial charge in [-0.25, -0.2) is 5.06 Å². The van der Waals surface area contributed by atoms with E-state index >= 15 is 0 Å². The minimum absolute atomic E-state index is 0.00876. The lowest BCUT2D eigenvalue weighted by Crippen LogP contribution is -2.40. The Kier molecular flexibility index (Phi) is 4.21. The number of nitrogens with zero attached hydrogens (tertiary/aromatic N) is 4. The summed E-state index contributed by atoms with van der Waals surface area (Å²) in [6.07, 6.45) is 3.11. The normalized spacial score (nSPS) is 21.5. The van der Waals surface area contributed by atoms with Gasteiger partial charge in [0.1, 0.15) is 0 Å². The monoisotopic (exact) mass is 370 g/mol. The molecule has 0 N–H and O–H groups in total. The van der Waals surface area contributed by atoms with E-state index in [-0.39, 0.29) is 18.7 Å². The van der Waals surface area contributed by atoms with Gasteiger partial charge in [-0.1, -0.05) is 6.07 Å². The standard InChI is InChI=1S/C19H22N4O4/c24-19(22-6-1-7-27-22)9-16-12-21(11-15-4-5-20-23(15)16)10-14-2-3-17-18(8-14)26-13-25-17/h2-5,8,16H,1,6-7,9-13H2. The van der Waals surface area contributed by atoms with E-state index in [9.17, 15) is 4.79 Å². The van der Waals surface area contributed by atoms with Crippen LogP contribution in [0.3, 0.4) is 0 Å². The first-order valence-electron chi connectivity index (χ1n) is 9.33. The fraction of sp³-hybridized carbons (Fsp3) is 0.474. The number of hydrogen-bond acceptors (Lipinski definition) is 6. The van der Waals surface area contributed by atoms with E-state index < -0.39 is 0 Å². The molecular formula is C19H22N4O4. The van der Waals surface area contributed by atoms with Crippen molar-refractivity contribution >= 4 is 5.91 Å². The average molecular weight is 370 g/mol. The predicted molar refractivity (Wildman–Crippen MR) is 94.8 cm³/mol. The maximum Gasteiger partial charge on any atom is 0.248 e. The molecule has 0 spiro atoms. The molecule has 8 nitrogen and oxygen atoms in total. The van der Waals surface area contributed by atoms with Crippen LogP contribution in [-0.2, 0) is 22.7 Å². The predicted octanol–water partition coefficient (Wildman–Crippen LogP) is 1.72. The van der Waals surface area contributed by atoms with Gasteiger partial charge in [0.2, 0.25) is 12.7 Å². The van der Waals surface area contributed by atoms with E-state index in [1.807, 2.05) is 29.1 Å². The van der Waals surface area contributed by atoms with Gasteiger partial charge < -0.3 is 9.47 Å². The van der Waals surface area contributed by atoms with Gasteiger partial charge in [-0.15, -0.1) is 0 Å². The molecule has 0 saturated carbocycles. The van der Waals surface area contributed by atoms with Crippen LogP contribution >= 0.6 is 0 Å².